The fraction of sp³-hybridized carbons (Fsp3) is 0.381. The number of methoxy groups -OCH3 is 1. The number of hydrogen-bond acceptors (Lipinski definition) is 6. The fourth-order valence-electron chi connectivity index (χ4n) is 3.25. The Kier molecular flexibility index (Phi) is 6.34. The quantitative estimate of drug-likeness (QED) is 0.577. The van der Waals surface area contributed by atoms with Crippen molar-refractivity contribution < 1.29 is 19.2 Å². The van der Waals surface area contributed by atoms with Crippen LogP contribution in [0.3, 0.4) is 0 Å². The first-order chi connectivity index (χ1) is 13.8. The van der Waals surface area contributed by atoms with Crippen LogP contribution in [0.25, 0.3) is 10.2 Å². The van der Waals surface area contributed by atoms with Crippen LogP contribution in [0.15, 0.2) is 29.1 Å². The zero-order valence-electron chi connectivity index (χ0n) is 17.3. The van der Waals surface area contributed by atoms with Gasteiger partial charge in [0.1, 0.15) is 28.0 Å². The molecule has 0 radical (unpaired) electrons. The van der Waals surface area contributed by atoms with Crippen molar-refractivity contribution in [3.8, 4) is 5.75 Å². The second-order valence-corrected chi connectivity index (χ2v) is 8.00. The molecule has 2 aromatic heterocycles. The molecule has 0 spiro atoms. The van der Waals surface area contributed by atoms with Crippen molar-refractivity contribution in [3.63, 3.8) is 0 Å². The number of quaternary nitrogens is 1. The number of aromatic amines is 1. The molecule has 0 bridgehead atoms. The number of nitrogens with zero attached hydrogens (tertiary/aromatic N) is 1. The highest BCUT2D eigenvalue weighted by Gasteiger charge is 2.24. The van der Waals surface area contributed by atoms with Crippen molar-refractivity contribution in [1.29, 1.82) is 0 Å². The van der Waals surface area contributed by atoms with Gasteiger partial charge in [0.2, 0.25) is 0 Å². The van der Waals surface area contributed by atoms with Crippen molar-refractivity contribution in [2.45, 2.75) is 33.4 Å². The van der Waals surface area contributed by atoms with Crippen molar-refractivity contribution >= 4 is 27.5 Å². The average molecular weight is 417 g/mol. The third kappa shape index (κ3) is 4.33. The van der Waals surface area contributed by atoms with E-state index in [0.29, 0.717) is 26.5 Å². The molecule has 0 aliphatic heterocycles. The maximum atomic E-state index is 12.7. The third-order valence-electron chi connectivity index (χ3n) is 5.05. The molecule has 0 aliphatic rings. The van der Waals surface area contributed by atoms with Crippen molar-refractivity contribution in [1.82, 2.24) is 9.97 Å². The van der Waals surface area contributed by atoms with E-state index in [2.05, 4.69) is 17.0 Å². The summed E-state index contributed by atoms with van der Waals surface area (Å²) >= 11 is 1.21. The summed E-state index contributed by atoms with van der Waals surface area (Å²) in [6, 6.07) is 7.88. The number of carbonyl (C=O) groups excluding carboxylic acids is 1. The molecular formula is C21H26N3O4S+. The summed E-state index contributed by atoms with van der Waals surface area (Å²) in [6.45, 7) is 6.57. The number of hydrogen-bond donors (Lipinski definition) is 2. The van der Waals surface area contributed by atoms with Crippen LogP contribution in [0.2, 0.25) is 0 Å². The summed E-state index contributed by atoms with van der Waals surface area (Å²) in [5, 5.41) is 0.458. The summed E-state index contributed by atoms with van der Waals surface area (Å²) in [7, 11) is 3.70. The van der Waals surface area contributed by atoms with Gasteiger partial charge in [-0.15, -0.1) is 11.3 Å². The number of esters is 1. The normalized spacial score (nSPS) is 13.3. The molecule has 29 heavy (non-hydrogen) atoms. The van der Waals surface area contributed by atoms with Gasteiger partial charge in [-0.3, -0.25) is 4.79 Å². The lowest BCUT2D eigenvalue weighted by molar-refractivity contribution is -0.924. The molecule has 8 heteroatoms. The van der Waals surface area contributed by atoms with Crippen molar-refractivity contribution in [3.05, 3.63) is 56.4 Å². The molecule has 0 fully saturated rings. The molecule has 2 heterocycles. The SMILES string of the molecule is CCOC(=O)c1sc2nc([C@H](C)[NH+](C)Cc3cccc(OC)c3)[nH]c(=O)c2c1C. The Bertz CT molecular complexity index is 1090. The molecule has 2 atom stereocenters. The average Bonchev–Trinajstić information content (AvgIpc) is 3.04. The predicted molar refractivity (Wildman–Crippen MR) is 113 cm³/mol. The van der Waals surface area contributed by atoms with Crippen LogP contribution < -0.4 is 15.2 Å². The van der Waals surface area contributed by atoms with Gasteiger partial charge in [0.15, 0.2) is 5.82 Å². The Morgan fingerprint density at radius 3 is 2.83 bits per heavy atom. The molecule has 7 nitrogen and oxygen atoms in total. The van der Waals surface area contributed by atoms with Gasteiger partial charge in [0, 0.05) is 5.56 Å². The van der Waals surface area contributed by atoms with E-state index >= 15 is 0 Å². The van der Waals surface area contributed by atoms with Gasteiger partial charge >= 0.3 is 5.97 Å². The molecule has 0 aliphatic carbocycles. The number of fused-ring (bicyclic) bond motifs is 1. The van der Waals surface area contributed by atoms with Gasteiger partial charge in [-0.1, -0.05) is 12.1 Å². The number of H-pyrrole nitrogens is 1. The zero-order valence-corrected chi connectivity index (χ0v) is 18.1. The predicted octanol–water partition coefficient (Wildman–Crippen LogP) is 2.25. The second-order valence-electron chi connectivity index (χ2n) is 7.00. The van der Waals surface area contributed by atoms with Gasteiger partial charge in [0.25, 0.3) is 5.56 Å². The lowest BCUT2D eigenvalue weighted by Crippen LogP contribution is -3.07. The van der Waals surface area contributed by atoms with Crippen LogP contribution in [0.4, 0.5) is 0 Å². The van der Waals surface area contributed by atoms with E-state index in [9.17, 15) is 9.59 Å². The Hall–Kier alpha value is -2.71. The summed E-state index contributed by atoms with van der Waals surface area (Å²) in [4.78, 5) is 34.6. The number of benzene rings is 1. The monoisotopic (exact) mass is 416 g/mol. The molecule has 154 valence electrons. The van der Waals surface area contributed by atoms with Crippen LogP contribution in [-0.2, 0) is 11.3 Å². The molecule has 2 N–H and O–H groups in total. The highest BCUT2D eigenvalue weighted by Crippen LogP contribution is 2.28. The summed E-state index contributed by atoms with van der Waals surface area (Å²) < 4.78 is 10.4. The van der Waals surface area contributed by atoms with Crippen LogP contribution in [0.1, 0.15) is 46.5 Å². The fourth-order valence-corrected chi connectivity index (χ4v) is 4.33. The summed E-state index contributed by atoms with van der Waals surface area (Å²) in [5.74, 6) is 0.999. The highest BCUT2D eigenvalue weighted by atomic mass is 32.1. The van der Waals surface area contributed by atoms with E-state index in [1.54, 1.807) is 21.0 Å². The number of aryl methyl sites for hydroxylation is 1. The maximum absolute atomic E-state index is 12.7. The minimum Gasteiger partial charge on any atom is -0.497 e. The second kappa shape index (κ2) is 8.75. The van der Waals surface area contributed by atoms with Crippen LogP contribution >= 0.6 is 11.3 Å². The number of aromatic nitrogens is 2. The third-order valence-corrected chi connectivity index (χ3v) is 6.21. The van der Waals surface area contributed by atoms with Crippen LogP contribution in [0, 0.1) is 6.92 Å². The lowest BCUT2D eigenvalue weighted by Gasteiger charge is -2.21. The number of carbonyl (C=O) groups is 1. The van der Waals surface area contributed by atoms with Crippen molar-refractivity contribution in [2.24, 2.45) is 0 Å². The first-order valence-electron chi connectivity index (χ1n) is 9.51. The lowest BCUT2D eigenvalue weighted by atomic mass is 10.1. The number of ether oxygens (including phenoxy) is 2. The smallest absolute Gasteiger partial charge is 0.348 e. The van der Waals surface area contributed by atoms with E-state index in [0.717, 1.165) is 17.9 Å². The molecule has 0 amide bonds. The van der Waals surface area contributed by atoms with Crippen LogP contribution in [0.5, 0.6) is 5.75 Å². The van der Waals surface area contributed by atoms with Crippen LogP contribution in [-0.4, -0.2) is 36.7 Å². The largest absolute Gasteiger partial charge is 0.497 e. The minimum absolute atomic E-state index is 0.0493. The van der Waals surface area contributed by atoms with E-state index in [1.807, 2.05) is 31.2 Å². The van der Waals surface area contributed by atoms with E-state index in [4.69, 9.17) is 9.47 Å². The molecular weight excluding hydrogens is 390 g/mol. The molecule has 1 aromatic carbocycles. The molecule has 0 saturated heterocycles. The van der Waals surface area contributed by atoms with Crippen molar-refractivity contribution in [2.75, 3.05) is 20.8 Å². The van der Waals surface area contributed by atoms with E-state index in [1.165, 1.54) is 16.2 Å². The van der Waals surface area contributed by atoms with E-state index < -0.39 is 5.97 Å². The topological polar surface area (TPSA) is 85.7 Å². The Labute approximate surface area is 173 Å². The first-order valence-corrected chi connectivity index (χ1v) is 10.3. The van der Waals surface area contributed by atoms with Gasteiger partial charge in [-0.2, -0.15) is 0 Å². The minimum atomic E-state index is -0.414. The van der Waals surface area contributed by atoms with Gasteiger partial charge in [-0.25, -0.2) is 9.78 Å². The first kappa shape index (κ1) is 21.0. The number of thiophene rings is 1. The summed E-state index contributed by atoms with van der Waals surface area (Å²) in [6.07, 6.45) is 0. The van der Waals surface area contributed by atoms with Gasteiger partial charge < -0.3 is 19.4 Å². The Balaban J connectivity index is 1.90. The maximum Gasteiger partial charge on any atom is 0.348 e. The molecule has 3 aromatic rings. The summed E-state index contributed by atoms with van der Waals surface area (Å²) in [5.41, 5.74) is 1.53. The van der Waals surface area contributed by atoms with Gasteiger partial charge in [-0.05, 0) is 38.5 Å². The number of nitrogens with one attached hydrogen (secondary N) is 2. The standard InChI is InChI=1S/C21H25N3O4S/c1-6-28-21(26)17-12(2)16-19(25)22-18(23-20(16)29-17)13(3)24(4)11-14-8-7-9-15(10-14)27-5/h7-10,13H,6,11H2,1-5H3,(H,22,23,25)/p+1/t13-/m0/s1. The van der Waals surface area contributed by atoms with Gasteiger partial charge in [0.05, 0.1) is 26.2 Å². The Morgan fingerprint density at radius 2 is 2.14 bits per heavy atom. The van der Waals surface area contributed by atoms with E-state index in [-0.39, 0.29) is 18.2 Å². The molecule has 0 saturated carbocycles. The molecule has 1 unspecified atom stereocenters. The number of rotatable bonds is 7. The molecule has 3 rings (SSSR count). The Morgan fingerprint density at radius 1 is 1.38 bits per heavy atom. The zero-order chi connectivity index (χ0) is 21.1. The highest BCUT2D eigenvalue weighted by molar-refractivity contribution is 7.20.